The molecule has 0 bridgehead atoms. The van der Waals surface area contributed by atoms with Crippen molar-refractivity contribution < 1.29 is 54.9 Å². The highest BCUT2D eigenvalue weighted by atomic mass is 19.4. The first-order valence-electron chi connectivity index (χ1n) is 9.74. The first-order valence-corrected chi connectivity index (χ1v) is 9.74. The molecule has 2 fully saturated rings. The molecule has 2 unspecified atom stereocenters. The van der Waals surface area contributed by atoms with Crippen LogP contribution in [-0.4, -0.2) is 59.9 Å². The molecule has 12 heteroatoms. The first-order chi connectivity index (χ1) is 14.7. The largest absolute Gasteiger partial charge is 0.414 e. The zero-order chi connectivity index (χ0) is 23.7. The Bertz CT molecular complexity index is 860. The highest BCUT2D eigenvalue weighted by Gasteiger charge is 2.61. The molecule has 0 saturated carbocycles. The second-order valence-corrected chi connectivity index (χ2v) is 8.10. The van der Waals surface area contributed by atoms with E-state index in [1.165, 1.54) is 13.8 Å². The van der Waals surface area contributed by atoms with E-state index in [1.54, 1.807) is 0 Å². The summed E-state index contributed by atoms with van der Waals surface area (Å²) in [4.78, 5) is 25.6. The van der Waals surface area contributed by atoms with Crippen LogP contribution in [0.25, 0.3) is 0 Å². The van der Waals surface area contributed by atoms with Crippen LogP contribution in [-0.2, 0) is 28.5 Å². The van der Waals surface area contributed by atoms with Crippen LogP contribution in [0, 0.1) is 0 Å². The van der Waals surface area contributed by atoms with Crippen molar-refractivity contribution in [3.63, 3.8) is 0 Å². The first kappa shape index (κ1) is 23.1. The Morgan fingerprint density at radius 3 is 1.38 bits per heavy atom. The predicted molar refractivity (Wildman–Crippen MR) is 93.0 cm³/mol. The molecule has 0 aromatic rings. The fourth-order valence-corrected chi connectivity index (χ4v) is 4.31. The zero-order valence-electron chi connectivity index (χ0n) is 16.8. The summed E-state index contributed by atoms with van der Waals surface area (Å²) >= 11 is 0. The van der Waals surface area contributed by atoms with E-state index in [-0.39, 0.29) is 0 Å². The summed E-state index contributed by atoms with van der Waals surface area (Å²) in [5, 5.41) is 0. The highest BCUT2D eigenvalue weighted by Crippen LogP contribution is 2.50. The van der Waals surface area contributed by atoms with Crippen LogP contribution in [0.4, 0.5) is 26.3 Å². The quantitative estimate of drug-likeness (QED) is 0.508. The lowest BCUT2D eigenvalue weighted by atomic mass is 9.78. The third-order valence-corrected chi connectivity index (χ3v) is 5.56. The molecule has 6 nitrogen and oxygen atoms in total. The number of hydrogen-bond acceptors (Lipinski definition) is 6. The predicted octanol–water partition coefficient (Wildman–Crippen LogP) is 3.47. The van der Waals surface area contributed by atoms with Gasteiger partial charge in [-0.25, -0.2) is 0 Å². The fourth-order valence-electron chi connectivity index (χ4n) is 4.31. The van der Waals surface area contributed by atoms with Crippen LogP contribution in [0.2, 0.25) is 0 Å². The molecule has 2 aliphatic carbocycles. The molecule has 2 spiro atoms. The highest BCUT2D eigenvalue weighted by molar-refractivity contribution is 6.19. The van der Waals surface area contributed by atoms with Crippen molar-refractivity contribution in [1.29, 1.82) is 0 Å². The number of rotatable bonds is 0. The molecule has 2 aliphatic heterocycles. The molecule has 0 amide bonds. The Balaban J connectivity index is 1.87. The van der Waals surface area contributed by atoms with Crippen LogP contribution in [0.1, 0.15) is 26.7 Å². The van der Waals surface area contributed by atoms with Crippen LogP contribution < -0.4 is 0 Å². The van der Waals surface area contributed by atoms with Crippen molar-refractivity contribution in [2.45, 2.75) is 75.0 Å². The van der Waals surface area contributed by atoms with E-state index < -0.39 is 83.9 Å². The molecule has 0 aromatic carbocycles. The normalized spacial score (nSPS) is 40.4. The Labute approximate surface area is 177 Å². The summed E-state index contributed by atoms with van der Waals surface area (Å²) in [6.07, 6.45) is -14.3. The Kier molecular flexibility index (Phi) is 5.24. The summed E-state index contributed by atoms with van der Waals surface area (Å²) in [6, 6.07) is 0. The third kappa shape index (κ3) is 3.72. The van der Waals surface area contributed by atoms with Crippen LogP contribution in [0.5, 0.6) is 0 Å². The molecule has 2 saturated heterocycles. The minimum Gasteiger partial charge on any atom is -0.339 e. The third-order valence-electron chi connectivity index (χ3n) is 5.56. The van der Waals surface area contributed by atoms with E-state index in [4.69, 9.17) is 18.9 Å². The maximum Gasteiger partial charge on any atom is 0.414 e. The van der Waals surface area contributed by atoms with Gasteiger partial charge in [-0.05, 0) is 38.2 Å². The summed E-state index contributed by atoms with van der Waals surface area (Å²) < 4.78 is 102. The van der Waals surface area contributed by atoms with Crippen molar-refractivity contribution in [2.24, 2.45) is 0 Å². The lowest BCUT2D eigenvalue weighted by Gasteiger charge is -2.49. The fraction of sp³-hybridized carbons (Fsp3) is 0.600. The summed E-state index contributed by atoms with van der Waals surface area (Å²) in [5.74, 6) is -6.83. The molecule has 0 aromatic heterocycles. The van der Waals surface area contributed by atoms with Gasteiger partial charge in [-0.3, -0.25) is 9.59 Å². The van der Waals surface area contributed by atoms with Crippen LogP contribution >= 0.6 is 0 Å². The van der Waals surface area contributed by atoms with Gasteiger partial charge in [0.05, 0.1) is 23.4 Å². The SMILES string of the molecule is C[C@@H]1C[C@H](C(F)(F)F)OC2(C=CC(=O)C3=C2C(=O)C=CC32O[C@H](C)C[C@H](C(F)(F)F)O2)O1. The van der Waals surface area contributed by atoms with Gasteiger partial charge in [0.1, 0.15) is 0 Å². The summed E-state index contributed by atoms with van der Waals surface area (Å²) in [6.45, 7) is 2.64. The number of fused-ring (bicyclic) bond motifs is 2. The van der Waals surface area contributed by atoms with Gasteiger partial charge in [0.15, 0.2) is 23.8 Å². The van der Waals surface area contributed by atoms with Crippen molar-refractivity contribution in [3.05, 3.63) is 35.5 Å². The van der Waals surface area contributed by atoms with E-state index in [9.17, 15) is 35.9 Å². The Morgan fingerprint density at radius 2 is 1.06 bits per heavy atom. The lowest BCUT2D eigenvalue weighted by molar-refractivity contribution is -0.342. The summed E-state index contributed by atoms with van der Waals surface area (Å²) in [7, 11) is 0. The Morgan fingerprint density at radius 1 is 0.719 bits per heavy atom. The van der Waals surface area contributed by atoms with Crippen molar-refractivity contribution in [3.8, 4) is 0 Å². The van der Waals surface area contributed by atoms with Gasteiger partial charge >= 0.3 is 12.4 Å². The average molecular weight is 468 g/mol. The molecule has 176 valence electrons. The van der Waals surface area contributed by atoms with Gasteiger partial charge in [-0.15, -0.1) is 0 Å². The minimum absolute atomic E-state index is 0.578. The molecular formula is C20H18F6O6. The van der Waals surface area contributed by atoms with Crippen molar-refractivity contribution in [1.82, 2.24) is 0 Å². The van der Waals surface area contributed by atoms with E-state index in [0.29, 0.717) is 0 Å². The van der Waals surface area contributed by atoms with Gasteiger partial charge in [0, 0.05) is 12.8 Å². The number of halogens is 6. The maximum atomic E-state index is 13.5. The van der Waals surface area contributed by atoms with Crippen LogP contribution in [0.15, 0.2) is 35.5 Å². The molecule has 32 heavy (non-hydrogen) atoms. The molecule has 4 rings (SSSR count). The average Bonchev–Trinajstić information content (AvgIpc) is 2.65. The Hall–Kier alpha value is -2.02. The van der Waals surface area contributed by atoms with E-state index in [2.05, 4.69) is 0 Å². The number of allylic oxidation sites excluding steroid dienone is 2. The number of ketones is 2. The van der Waals surface area contributed by atoms with Crippen LogP contribution in [0.3, 0.4) is 0 Å². The molecular weight excluding hydrogens is 450 g/mol. The number of carbonyl (C=O) groups is 2. The van der Waals surface area contributed by atoms with Gasteiger partial charge < -0.3 is 18.9 Å². The van der Waals surface area contributed by atoms with E-state index in [0.717, 1.165) is 24.3 Å². The number of alkyl halides is 6. The zero-order valence-corrected chi connectivity index (χ0v) is 16.8. The maximum absolute atomic E-state index is 13.5. The smallest absolute Gasteiger partial charge is 0.339 e. The van der Waals surface area contributed by atoms with Gasteiger partial charge in [-0.1, -0.05) is 0 Å². The van der Waals surface area contributed by atoms with E-state index in [1.807, 2.05) is 0 Å². The molecule has 0 radical (unpaired) electrons. The van der Waals surface area contributed by atoms with E-state index >= 15 is 0 Å². The van der Waals surface area contributed by atoms with Gasteiger partial charge in [0.25, 0.3) is 0 Å². The number of ether oxygens (including phenoxy) is 4. The van der Waals surface area contributed by atoms with Crippen molar-refractivity contribution >= 4 is 11.6 Å². The standard InChI is InChI=1S/C20H18F6O6/c1-9-7-13(19(21,22)23)31-17(29-9)5-3-12(28)16-15(17)11(27)4-6-18(16)30-10(2)8-14(32-18)20(24,25)26/h3-6,9-10,13-14H,7-8H2,1-2H3/t9-,10-,13-,14-,17?,18?/m1/s1. The molecule has 4 aliphatic rings. The van der Waals surface area contributed by atoms with Gasteiger partial charge in [0.2, 0.25) is 11.6 Å². The summed E-state index contributed by atoms with van der Waals surface area (Å²) in [5.41, 5.74) is -1.38. The second-order valence-electron chi connectivity index (χ2n) is 8.10. The minimum atomic E-state index is -4.82. The second kappa shape index (κ2) is 7.24. The number of carbonyl (C=O) groups excluding carboxylic acids is 2. The van der Waals surface area contributed by atoms with Crippen molar-refractivity contribution in [2.75, 3.05) is 0 Å². The molecule has 6 atom stereocenters. The lowest BCUT2D eigenvalue weighted by Crippen LogP contribution is -2.60. The topological polar surface area (TPSA) is 71.1 Å². The number of hydrogen-bond donors (Lipinski definition) is 0. The van der Waals surface area contributed by atoms with Gasteiger partial charge in [-0.2, -0.15) is 26.3 Å². The molecule has 0 N–H and O–H groups in total. The monoisotopic (exact) mass is 468 g/mol. The molecule has 2 heterocycles.